The van der Waals surface area contributed by atoms with E-state index in [2.05, 4.69) is 110 Å². The number of para-hydroxylation sites is 1. The van der Waals surface area contributed by atoms with Gasteiger partial charge in [-0.2, -0.15) is 4.98 Å². The average Bonchev–Trinajstić information content (AvgIpc) is 1.59. The number of aromatic nitrogens is 11. The van der Waals surface area contributed by atoms with Gasteiger partial charge in [0.15, 0.2) is 0 Å². The Balaban J connectivity index is 0.000000113. The van der Waals surface area contributed by atoms with Crippen LogP contribution < -0.4 is 85.4 Å². The van der Waals surface area contributed by atoms with Gasteiger partial charge in [-0.05, 0) is 208 Å². The third-order valence-electron chi connectivity index (χ3n) is 29.4. The molecule has 9 N–H and O–H groups in total. The summed E-state index contributed by atoms with van der Waals surface area (Å²) in [4.78, 5) is 129. The zero-order valence-corrected chi connectivity index (χ0v) is 80.2. The second-order valence-electron chi connectivity index (χ2n) is 39.4. The lowest BCUT2D eigenvalue weighted by Crippen LogP contribution is -2.49. The first-order valence-corrected chi connectivity index (χ1v) is 48.0. The highest BCUT2D eigenvalue weighted by atomic mass is 35.5. The van der Waals surface area contributed by atoms with E-state index >= 15 is 0 Å². The largest absolute Gasteiger partial charge is 0.357 e. The molecule has 4 aromatic carbocycles. The van der Waals surface area contributed by atoms with E-state index in [1.54, 1.807) is 75.8 Å². The molecule has 18 heterocycles. The van der Waals surface area contributed by atoms with Gasteiger partial charge in [0.25, 0.3) is 27.8 Å². The molecule has 0 radical (unpaired) electrons. The average molecular weight is 1870 g/mol. The molecule has 712 valence electrons. The zero-order valence-electron chi connectivity index (χ0n) is 79.4. The Morgan fingerprint density at radius 2 is 0.956 bits per heavy atom. The maximum absolute atomic E-state index is 14.7. The highest BCUT2D eigenvalue weighted by Crippen LogP contribution is 2.39. The van der Waals surface area contributed by atoms with E-state index in [0.717, 1.165) is 231 Å². The topological polar surface area (TPSA) is 385 Å². The van der Waals surface area contributed by atoms with Crippen molar-refractivity contribution >= 4 is 75.6 Å². The molecule has 12 aliphatic heterocycles. The van der Waals surface area contributed by atoms with E-state index in [0.29, 0.717) is 129 Å². The van der Waals surface area contributed by atoms with E-state index < -0.39 is 0 Å². The second-order valence-corrected chi connectivity index (χ2v) is 39.7. The van der Waals surface area contributed by atoms with Crippen molar-refractivity contribution in [2.24, 2.45) is 79.9 Å². The molecule has 0 spiro atoms. The van der Waals surface area contributed by atoms with Crippen LogP contribution in [0.3, 0.4) is 0 Å². The number of anilines is 6. The molecule has 32 nitrogen and oxygen atoms in total. The van der Waals surface area contributed by atoms with Crippen molar-refractivity contribution in [3.05, 3.63) is 274 Å². The number of amidine groups is 2. The smallest absolute Gasteiger partial charge is 0.275 e. The summed E-state index contributed by atoms with van der Waals surface area (Å²) < 4.78 is 37.8. The fourth-order valence-electron chi connectivity index (χ4n) is 20.3. The summed E-state index contributed by atoms with van der Waals surface area (Å²) in [6.07, 6.45) is 15.7. The van der Waals surface area contributed by atoms with E-state index in [9.17, 15) is 32.8 Å². The van der Waals surface area contributed by atoms with Crippen LogP contribution in [0.25, 0.3) is 0 Å². The van der Waals surface area contributed by atoms with E-state index in [1.807, 2.05) is 75.1 Å². The number of aliphatic imine (C=N–C) groups is 5. The van der Waals surface area contributed by atoms with Gasteiger partial charge in [0.1, 0.15) is 64.1 Å². The molecular weight excluding hydrogens is 1740 g/mol. The number of nitrogens with two attached hydrogens (primary N) is 4. The molecule has 0 bridgehead atoms. The summed E-state index contributed by atoms with van der Waals surface area (Å²) in [6, 6.07) is 30.4. The first-order chi connectivity index (χ1) is 65.3. The molecule has 5 fully saturated rings. The molecular formula is C101H122ClF2N27O5. The molecule has 10 aromatic rings. The minimum atomic E-state index is -0.339. The molecule has 136 heavy (non-hydrogen) atoms. The fraction of sp³-hybridized carbons (Fsp3) is 0.465. The molecule has 35 heteroatoms. The van der Waals surface area contributed by atoms with Gasteiger partial charge < -0.3 is 57.7 Å². The summed E-state index contributed by atoms with van der Waals surface area (Å²) in [6.45, 7) is 27.3. The van der Waals surface area contributed by atoms with Crippen LogP contribution in [0.2, 0.25) is 5.02 Å². The molecule has 0 atom stereocenters. The highest BCUT2D eigenvalue weighted by Gasteiger charge is 2.41. The molecule has 0 aliphatic carbocycles. The van der Waals surface area contributed by atoms with E-state index in [4.69, 9.17) is 59.5 Å². The summed E-state index contributed by atoms with van der Waals surface area (Å²) in [5.74, 6) is 4.79. The Bertz CT molecular complexity index is 6820. The third-order valence-corrected chi connectivity index (χ3v) is 29.9. The SMILES string of the molecule is Cc1cccc(C2=NCc3c2ncn(C2CCNCC2)c3=O)c1Cl.Cc1cccc(C2=NCc3nc(=O)cc(N4CCC(C)(N)CC4)n32)c1F.Cc1cccc(C2=NCc3nc(N4CCC(C)(N)CC4)n(C)c(=O)c32)c1F.Cn1c(N2CCC(C)(CN)CC2)nc2c(c1=O)C(N1CCCc3ncccc31)=NC2.Cn1c(N2CCC(C)(CN)CC2)nc2c(c1=O)C(N1CCc3ccccc31)=NC2. The third kappa shape index (κ3) is 18.3. The minimum Gasteiger partial charge on any atom is -0.357 e. The number of benzene rings is 4. The number of aryl methyl sites for hydroxylation is 4. The van der Waals surface area contributed by atoms with Crippen LogP contribution in [0, 0.1) is 43.2 Å². The molecule has 0 saturated carbocycles. The summed E-state index contributed by atoms with van der Waals surface area (Å²) in [5, 5.41) is 4.00. The van der Waals surface area contributed by atoms with Crippen molar-refractivity contribution in [1.29, 1.82) is 0 Å². The van der Waals surface area contributed by atoms with Gasteiger partial charge in [-0.25, -0.2) is 28.7 Å². The molecule has 5 saturated heterocycles. The van der Waals surface area contributed by atoms with Crippen LogP contribution in [-0.2, 0) is 66.7 Å². The monoisotopic (exact) mass is 1870 g/mol. The van der Waals surface area contributed by atoms with Crippen LogP contribution in [0.15, 0.2) is 159 Å². The maximum Gasteiger partial charge on any atom is 0.275 e. The van der Waals surface area contributed by atoms with Crippen molar-refractivity contribution in [1.82, 2.24) is 58.1 Å². The Hall–Kier alpha value is -12.5. The van der Waals surface area contributed by atoms with Gasteiger partial charge in [-0.1, -0.05) is 86.1 Å². The molecule has 0 unspecified atom stereocenters. The van der Waals surface area contributed by atoms with E-state index in [1.165, 1.54) is 11.6 Å². The summed E-state index contributed by atoms with van der Waals surface area (Å²) in [7, 11) is 5.36. The lowest BCUT2D eigenvalue weighted by Gasteiger charge is -2.39. The van der Waals surface area contributed by atoms with Gasteiger partial charge >= 0.3 is 0 Å². The van der Waals surface area contributed by atoms with Crippen molar-refractivity contribution in [3.8, 4) is 0 Å². The number of hydrogen-bond donors (Lipinski definition) is 5. The summed E-state index contributed by atoms with van der Waals surface area (Å²) >= 11 is 6.43. The molecule has 12 aliphatic rings. The second kappa shape index (κ2) is 38.2. The Kier molecular flexibility index (Phi) is 26.4. The Morgan fingerprint density at radius 3 is 1.54 bits per heavy atom. The predicted octanol–water partition coefficient (Wildman–Crippen LogP) is 9.32. The number of halogens is 3. The van der Waals surface area contributed by atoms with Crippen molar-refractivity contribution < 1.29 is 8.78 Å². The maximum atomic E-state index is 14.7. The quantitative estimate of drug-likeness (QED) is 0.0850. The van der Waals surface area contributed by atoms with Crippen LogP contribution in [-0.4, -0.2) is 184 Å². The van der Waals surface area contributed by atoms with Gasteiger partial charge in [-0.15, -0.1) is 0 Å². The van der Waals surface area contributed by atoms with Gasteiger partial charge in [0.2, 0.25) is 17.8 Å². The predicted molar refractivity (Wildman–Crippen MR) is 533 cm³/mol. The van der Waals surface area contributed by atoms with Crippen LogP contribution in [0.5, 0.6) is 0 Å². The van der Waals surface area contributed by atoms with Gasteiger partial charge in [0, 0.05) is 133 Å². The Labute approximate surface area is 794 Å². The van der Waals surface area contributed by atoms with Crippen LogP contribution in [0.4, 0.5) is 43.8 Å². The minimum absolute atomic E-state index is 0.00205. The number of nitrogens with zero attached hydrogens (tertiary/aromatic N) is 22. The highest BCUT2D eigenvalue weighted by molar-refractivity contribution is 6.36. The fourth-order valence-corrected chi connectivity index (χ4v) is 20.5. The standard InChI is InChI=1S/C22H29N7O.C22H28N6O.C20H24FN5O.C19H22FN5O.C18H19ClN4O/c1-22(14-23)7-11-28(12-8-22)21-26-16-13-25-19(18(16)20(30)27(21)2)29-10-4-5-15-17(29)6-3-9-24-15;1-22(14-23)8-11-27(12-9-22)21-25-16-13-24-19(18(16)20(29)26(21)2)28-10-7-15-5-3-4-6-17(15)28;1-12-5-4-6-13(16(12)21)17-15-14(11-23-17)24-19(25(3)18(15)27)26-9-7-20(2,22)8-10-26;1-12-4-3-5-13(17(12)20)18-22-11-14-23-15(26)10-16(25(14)18)24-8-6-19(2,21)7-9-24;1-11-3-2-4-13(15(11)19)16-17-14(9-21-16)18(24)23(10-22-17)12-5-7-20-8-6-12/h3,6,9H,4-5,7-8,10-14,23H2,1-2H3;3-6H,7-14,23H2,1-2H3;4-6H,7-11,22H2,1-3H3;3-5,10H,6-9,11,21H2,1-2H3;2-4,10,12,20H,5-9H2,1H3. The number of fused-ring (bicyclic) bond motifs is 7. The number of hydrogen-bond acceptors (Lipinski definition) is 27. The van der Waals surface area contributed by atoms with Crippen molar-refractivity contribution in [3.63, 3.8) is 0 Å². The summed E-state index contributed by atoms with van der Waals surface area (Å²) in [5.41, 5.74) is 38.6. The van der Waals surface area contributed by atoms with Crippen LogP contribution in [0.1, 0.15) is 200 Å². The number of nitrogens with one attached hydrogen (secondary N) is 1. The van der Waals surface area contributed by atoms with Crippen molar-refractivity contribution in [2.75, 3.05) is 121 Å². The molecule has 6 aromatic heterocycles. The number of rotatable bonds is 10. The zero-order chi connectivity index (χ0) is 95.6. The van der Waals surface area contributed by atoms with Crippen LogP contribution >= 0.6 is 11.6 Å². The number of piperidine rings is 5. The first-order valence-electron chi connectivity index (χ1n) is 47.6. The normalized spacial score (nSPS) is 19.0. The number of pyridine rings is 1. The lowest BCUT2D eigenvalue weighted by atomic mass is 9.81. The lowest BCUT2D eigenvalue weighted by molar-refractivity contribution is 0.256. The molecule has 0 amide bonds. The first kappa shape index (κ1) is 93.9. The van der Waals surface area contributed by atoms with Gasteiger partial charge in [-0.3, -0.25) is 76.8 Å². The Morgan fingerprint density at radius 1 is 0.471 bits per heavy atom. The van der Waals surface area contributed by atoms with E-state index in [-0.39, 0.29) is 73.9 Å². The van der Waals surface area contributed by atoms with Gasteiger partial charge in [0.05, 0.1) is 94.1 Å². The molecule has 22 rings (SSSR count). The van der Waals surface area contributed by atoms with Crippen molar-refractivity contribution in [2.45, 2.75) is 182 Å².